The van der Waals surface area contributed by atoms with Crippen LogP contribution in [-0.4, -0.2) is 47.3 Å². The number of aliphatic carboxylic acids is 1. The Morgan fingerprint density at radius 1 is 0.932 bits per heavy atom. The van der Waals surface area contributed by atoms with Crippen molar-refractivity contribution in [3.63, 3.8) is 0 Å². The molecule has 8 heteroatoms. The number of rotatable bonds is 8. The third kappa shape index (κ3) is 5.44. The molecule has 1 N–H and O–H groups in total. The van der Waals surface area contributed by atoms with E-state index in [1.54, 1.807) is 13.0 Å². The molecular weight excluding hydrogens is 560 g/mol. The maximum atomic E-state index is 12.5. The van der Waals surface area contributed by atoms with E-state index in [1.807, 2.05) is 0 Å². The minimum Gasteiger partial charge on any atom is -0.478 e. The van der Waals surface area contributed by atoms with Crippen molar-refractivity contribution in [3.8, 4) is 0 Å². The van der Waals surface area contributed by atoms with Gasteiger partial charge in [-0.3, -0.25) is 14.4 Å². The third-order valence-electron chi connectivity index (χ3n) is 12.4. The lowest BCUT2D eigenvalue weighted by atomic mass is 9.44. The van der Waals surface area contributed by atoms with E-state index in [-0.39, 0.29) is 63.7 Å². The van der Waals surface area contributed by atoms with E-state index in [0.717, 1.165) is 25.7 Å². The van der Waals surface area contributed by atoms with E-state index in [4.69, 9.17) is 14.2 Å². The molecule has 0 heterocycles. The summed E-state index contributed by atoms with van der Waals surface area (Å²) in [7, 11) is 0. The first kappa shape index (κ1) is 34.0. The molecule has 4 aliphatic carbocycles. The van der Waals surface area contributed by atoms with Crippen LogP contribution < -0.4 is 0 Å². The zero-order valence-corrected chi connectivity index (χ0v) is 28.2. The van der Waals surface area contributed by atoms with Crippen LogP contribution in [0.2, 0.25) is 0 Å². The third-order valence-corrected chi connectivity index (χ3v) is 12.4. The summed E-state index contributed by atoms with van der Waals surface area (Å²) in [5, 5.41) is 9.41. The molecule has 0 radical (unpaired) electrons. The fourth-order valence-electron chi connectivity index (χ4n) is 9.83. The number of hydrogen-bond donors (Lipinski definition) is 1. The van der Waals surface area contributed by atoms with E-state index >= 15 is 0 Å². The maximum absolute atomic E-state index is 12.5. The van der Waals surface area contributed by atoms with Crippen molar-refractivity contribution >= 4 is 23.9 Å². The molecule has 2 saturated carbocycles. The normalized spacial score (nSPS) is 37.2. The molecule has 0 aromatic rings. The van der Waals surface area contributed by atoms with Crippen LogP contribution >= 0.6 is 0 Å². The standard InChI is InChI=1S/C36H52O8/c1-20(32(40)41)11-13-28(42-22(3)37)21(2)27-19-31(44-24(5)39)36(10)26-12-14-29-33(6,7)30(43-23(4)38)16-17-34(29,8)25(26)15-18-35(27,36)9/h11-12,15,21,27-31H,13-14,16-19H2,1-10H3,(H,40,41)/b20-11+/t21-,27+,28-,29?,30+,31-,34+,35+,36+/m0/s1. The summed E-state index contributed by atoms with van der Waals surface area (Å²) in [6.45, 7) is 19.3. The minimum atomic E-state index is -0.999. The van der Waals surface area contributed by atoms with Crippen LogP contribution in [-0.2, 0) is 33.4 Å². The van der Waals surface area contributed by atoms with E-state index < -0.39 is 23.5 Å². The van der Waals surface area contributed by atoms with Crippen molar-refractivity contribution in [2.45, 2.75) is 126 Å². The van der Waals surface area contributed by atoms with E-state index in [9.17, 15) is 24.3 Å². The van der Waals surface area contributed by atoms with Gasteiger partial charge in [0.15, 0.2) is 0 Å². The van der Waals surface area contributed by atoms with Crippen molar-refractivity contribution < 1.29 is 38.5 Å². The number of carboxylic acid groups (broad SMARTS) is 1. The van der Waals surface area contributed by atoms with Gasteiger partial charge >= 0.3 is 23.9 Å². The molecular formula is C36H52O8. The highest BCUT2D eigenvalue weighted by molar-refractivity contribution is 5.85. The molecule has 1 unspecified atom stereocenters. The predicted molar refractivity (Wildman–Crippen MR) is 166 cm³/mol. The number of esters is 3. The highest BCUT2D eigenvalue weighted by Gasteiger charge is 2.68. The fraction of sp³-hybridized carbons (Fsp3) is 0.722. The Kier molecular flexibility index (Phi) is 9.11. The van der Waals surface area contributed by atoms with E-state index in [1.165, 1.54) is 31.9 Å². The summed E-state index contributed by atoms with van der Waals surface area (Å²) >= 11 is 0. The highest BCUT2D eigenvalue weighted by Crippen LogP contribution is 2.72. The Bertz CT molecular complexity index is 1300. The molecule has 0 aromatic carbocycles. The van der Waals surface area contributed by atoms with Gasteiger partial charge < -0.3 is 19.3 Å². The molecule has 0 spiro atoms. The second kappa shape index (κ2) is 11.8. The number of hydrogen-bond acceptors (Lipinski definition) is 7. The lowest BCUT2D eigenvalue weighted by Crippen LogP contribution is -2.56. The van der Waals surface area contributed by atoms with Crippen molar-refractivity contribution in [2.24, 2.45) is 39.4 Å². The minimum absolute atomic E-state index is 0.0279. The average molecular weight is 613 g/mol. The molecule has 0 aliphatic heterocycles. The Labute approximate surface area is 262 Å². The summed E-state index contributed by atoms with van der Waals surface area (Å²) in [5.41, 5.74) is 1.63. The second-order valence-corrected chi connectivity index (χ2v) is 15.1. The quantitative estimate of drug-likeness (QED) is 0.177. The first-order valence-corrected chi connectivity index (χ1v) is 16.1. The van der Waals surface area contributed by atoms with Crippen LogP contribution in [0.25, 0.3) is 0 Å². The van der Waals surface area contributed by atoms with Gasteiger partial charge in [0.1, 0.15) is 18.3 Å². The number of fused-ring (bicyclic) bond motifs is 5. The van der Waals surface area contributed by atoms with Gasteiger partial charge in [0.25, 0.3) is 0 Å². The Balaban J connectivity index is 1.78. The number of allylic oxidation sites excluding steroid dienone is 3. The van der Waals surface area contributed by atoms with Gasteiger partial charge in [-0.1, -0.05) is 59.8 Å². The highest BCUT2D eigenvalue weighted by atomic mass is 16.6. The maximum Gasteiger partial charge on any atom is 0.330 e. The second-order valence-electron chi connectivity index (χ2n) is 15.1. The monoisotopic (exact) mass is 612 g/mol. The topological polar surface area (TPSA) is 116 Å². The van der Waals surface area contributed by atoms with E-state index in [0.29, 0.717) is 12.8 Å². The summed E-state index contributed by atoms with van der Waals surface area (Å²) < 4.78 is 17.8. The summed E-state index contributed by atoms with van der Waals surface area (Å²) in [5.74, 6) is -1.78. The van der Waals surface area contributed by atoms with Crippen molar-refractivity contribution in [1.29, 1.82) is 0 Å². The molecule has 4 rings (SSSR count). The summed E-state index contributed by atoms with van der Waals surface area (Å²) in [4.78, 5) is 48.2. The molecule has 4 aliphatic rings. The number of carboxylic acids is 1. The first-order chi connectivity index (χ1) is 20.3. The molecule has 0 bridgehead atoms. The van der Waals surface area contributed by atoms with Crippen LogP contribution in [0.5, 0.6) is 0 Å². The SMILES string of the molecule is CC(=O)O[C@@H](C/C=C(\C)C(=O)O)[C@@H](C)[C@H]1C[C@H](OC(C)=O)[C@@]2(C)C3=CCC4C(C)(C)[C@H](OC(C)=O)CC[C@]4(C)C3=CC[C@]12C. The fourth-order valence-corrected chi connectivity index (χ4v) is 9.83. The molecule has 0 amide bonds. The lowest BCUT2D eigenvalue weighted by molar-refractivity contribution is -0.166. The van der Waals surface area contributed by atoms with Gasteiger partial charge in [0.05, 0.1) is 0 Å². The van der Waals surface area contributed by atoms with Gasteiger partial charge in [-0.15, -0.1) is 0 Å². The van der Waals surface area contributed by atoms with Crippen molar-refractivity contribution in [3.05, 3.63) is 34.9 Å². The van der Waals surface area contributed by atoms with E-state index in [2.05, 4.69) is 53.7 Å². The Morgan fingerprint density at radius 2 is 1.55 bits per heavy atom. The smallest absolute Gasteiger partial charge is 0.330 e. The van der Waals surface area contributed by atoms with Gasteiger partial charge in [-0.25, -0.2) is 4.79 Å². The van der Waals surface area contributed by atoms with Crippen LogP contribution in [0.15, 0.2) is 34.9 Å². The van der Waals surface area contributed by atoms with Crippen molar-refractivity contribution in [1.82, 2.24) is 0 Å². The molecule has 0 aromatic heterocycles. The lowest BCUT2D eigenvalue weighted by Gasteiger charge is -2.61. The van der Waals surface area contributed by atoms with Gasteiger partial charge in [-0.2, -0.15) is 0 Å². The molecule has 8 nitrogen and oxygen atoms in total. The Morgan fingerprint density at radius 3 is 2.11 bits per heavy atom. The summed E-state index contributed by atoms with van der Waals surface area (Å²) in [6, 6.07) is 0. The van der Waals surface area contributed by atoms with Gasteiger partial charge in [-0.05, 0) is 78.8 Å². The van der Waals surface area contributed by atoms with Crippen LogP contribution in [0.4, 0.5) is 0 Å². The summed E-state index contributed by atoms with van der Waals surface area (Å²) in [6.07, 6.45) is 9.58. The molecule has 0 saturated heterocycles. The zero-order valence-electron chi connectivity index (χ0n) is 28.2. The average Bonchev–Trinajstić information content (AvgIpc) is 3.13. The molecule has 244 valence electrons. The Hall–Kier alpha value is -2.90. The van der Waals surface area contributed by atoms with Gasteiger partial charge in [0, 0.05) is 43.6 Å². The number of ether oxygens (including phenoxy) is 3. The molecule has 9 atom stereocenters. The zero-order chi connectivity index (χ0) is 33.0. The van der Waals surface area contributed by atoms with Crippen LogP contribution in [0.1, 0.15) is 108 Å². The van der Waals surface area contributed by atoms with Crippen LogP contribution in [0, 0.1) is 39.4 Å². The number of carbonyl (C=O) groups is 4. The molecule has 44 heavy (non-hydrogen) atoms. The van der Waals surface area contributed by atoms with Crippen LogP contribution in [0.3, 0.4) is 0 Å². The van der Waals surface area contributed by atoms with Gasteiger partial charge in [0.2, 0.25) is 0 Å². The molecule has 2 fully saturated rings. The van der Waals surface area contributed by atoms with Crippen molar-refractivity contribution in [2.75, 3.05) is 0 Å². The first-order valence-electron chi connectivity index (χ1n) is 16.1. The number of carbonyl (C=O) groups excluding carboxylic acids is 3. The predicted octanol–water partition coefficient (Wildman–Crippen LogP) is 6.97. The largest absolute Gasteiger partial charge is 0.478 e.